The van der Waals surface area contributed by atoms with Gasteiger partial charge in [0.05, 0.1) is 5.25 Å². The molecule has 5 heteroatoms. The minimum Gasteiger partial charge on any atom is -0.355 e. The molecular formula is C11H16N2O2S. The van der Waals surface area contributed by atoms with Crippen molar-refractivity contribution >= 4 is 15.7 Å². The zero-order chi connectivity index (χ0) is 11.8. The molecule has 4 nitrogen and oxygen atoms in total. The summed E-state index contributed by atoms with van der Waals surface area (Å²) in [5.74, 6) is 0.881. The summed E-state index contributed by atoms with van der Waals surface area (Å²) in [4.78, 5) is 6.31. The van der Waals surface area contributed by atoms with Crippen LogP contribution in [0.3, 0.4) is 0 Å². The van der Waals surface area contributed by atoms with Crippen molar-refractivity contribution in [2.75, 3.05) is 24.2 Å². The van der Waals surface area contributed by atoms with Gasteiger partial charge in [0.15, 0.2) is 9.84 Å². The highest BCUT2D eigenvalue weighted by Gasteiger charge is 2.30. The zero-order valence-corrected chi connectivity index (χ0v) is 10.4. The molecule has 2 rings (SSSR count). The molecule has 2 heterocycles. The summed E-state index contributed by atoms with van der Waals surface area (Å²) in [7, 11) is -2.92. The number of aromatic nitrogens is 1. The van der Waals surface area contributed by atoms with Crippen LogP contribution in [0.1, 0.15) is 12.0 Å². The van der Waals surface area contributed by atoms with Crippen molar-refractivity contribution in [3.05, 3.63) is 23.9 Å². The van der Waals surface area contributed by atoms with E-state index in [2.05, 4.69) is 4.98 Å². The summed E-state index contributed by atoms with van der Waals surface area (Å²) in [6.07, 6.45) is 3.78. The van der Waals surface area contributed by atoms with Gasteiger partial charge in [-0.3, -0.25) is 0 Å². The number of anilines is 1. The van der Waals surface area contributed by atoms with Crippen LogP contribution in [-0.2, 0) is 9.84 Å². The molecule has 1 aliphatic rings. The van der Waals surface area contributed by atoms with Gasteiger partial charge in [-0.05, 0) is 31.0 Å². The van der Waals surface area contributed by atoms with Crippen molar-refractivity contribution in [3.8, 4) is 0 Å². The molecule has 1 saturated heterocycles. The number of sulfone groups is 1. The molecule has 0 spiro atoms. The van der Waals surface area contributed by atoms with Gasteiger partial charge in [-0.15, -0.1) is 0 Å². The lowest BCUT2D eigenvalue weighted by molar-refractivity contribution is 0.589. The topological polar surface area (TPSA) is 50.3 Å². The number of hydrogen-bond donors (Lipinski definition) is 0. The van der Waals surface area contributed by atoms with Crippen LogP contribution in [0.2, 0.25) is 0 Å². The lowest BCUT2D eigenvalue weighted by Gasteiger charge is -2.17. The molecule has 0 N–H and O–H groups in total. The van der Waals surface area contributed by atoms with Crippen molar-refractivity contribution in [3.63, 3.8) is 0 Å². The first kappa shape index (κ1) is 11.4. The van der Waals surface area contributed by atoms with Crippen LogP contribution < -0.4 is 4.90 Å². The highest BCUT2D eigenvalue weighted by molar-refractivity contribution is 7.91. The Morgan fingerprint density at radius 1 is 1.50 bits per heavy atom. The first-order valence-corrected chi connectivity index (χ1v) is 7.29. The average Bonchev–Trinajstić information content (AvgIpc) is 2.65. The Morgan fingerprint density at radius 3 is 2.81 bits per heavy atom. The van der Waals surface area contributed by atoms with Gasteiger partial charge in [0.1, 0.15) is 5.82 Å². The van der Waals surface area contributed by atoms with Crippen molar-refractivity contribution in [1.82, 2.24) is 4.98 Å². The summed E-state index contributed by atoms with van der Waals surface area (Å²) in [6, 6.07) is 3.93. The van der Waals surface area contributed by atoms with E-state index in [0.717, 1.165) is 17.9 Å². The standard InChI is InChI=1S/C11H16N2O2S/c1-9-3-5-12-11(7-9)13-6-4-10(8-13)16(2,14)15/h3,5,7,10H,4,6,8H2,1-2H3. The Balaban J connectivity index is 2.15. The third-order valence-corrected chi connectivity index (χ3v) is 4.57. The van der Waals surface area contributed by atoms with E-state index in [-0.39, 0.29) is 5.25 Å². The predicted molar refractivity (Wildman–Crippen MR) is 64.4 cm³/mol. The maximum Gasteiger partial charge on any atom is 0.152 e. The average molecular weight is 240 g/mol. The molecule has 0 radical (unpaired) electrons. The molecule has 1 aromatic heterocycles. The van der Waals surface area contributed by atoms with Crippen molar-refractivity contribution in [2.24, 2.45) is 0 Å². The van der Waals surface area contributed by atoms with E-state index in [4.69, 9.17) is 0 Å². The maximum absolute atomic E-state index is 11.4. The van der Waals surface area contributed by atoms with Gasteiger partial charge in [0.2, 0.25) is 0 Å². The van der Waals surface area contributed by atoms with E-state index in [1.807, 2.05) is 24.0 Å². The molecule has 0 aliphatic carbocycles. The number of pyridine rings is 1. The van der Waals surface area contributed by atoms with Gasteiger partial charge < -0.3 is 4.90 Å². The number of rotatable bonds is 2. The second-order valence-corrected chi connectivity index (χ2v) is 6.70. The van der Waals surface area contributed by atoms with E-state index in [0.29, 0.717) is 13.0 Å². The monoisotopic (exact) mass is 240 g/mol. The fraction of sp³-hybridized carbons (Fsp3) is 0.545. The van der Waals surface area contributed by atoms with Gasteiger partial charge in [-0.2, -0.15) is 0 Å². The summed E-state index contributed by atoms with van der Waals surface area (Å²) in [6.45, 7) is 3.35. The maximum atomic E-state index is 11.4. The van der Waals surface area contributed by atoms with Crippen LogP contribution in [0.25, 0.3) is 0 Å². The van der Waals surface area contributed by atoms with Crippen molar-refractivity contribution < 1.29 is 8.42 Å². The highest BCUT2D eigenvalue weighted by Crippen LogP contribution is 2.22. The van der Waals surface area contributed by atoms with Crippen LogP contribution >= 0.6 is 0 Å². The summed E-state index contributed by atoms with van der Waals surface area (Å²) in [5, 5.41) is -0.241. The van der Waals surface area contributed by atoms with E-state index >= 15 is 0 Å². The summed E-state index contributed by atoms with van der Waals surface area (Å²) >= 11 is 0. The largest absolute Gasteiger partial charge is 0.355 e. The fourth-order valence-corrected chi connectivity index (χ4v) is 2.96. The van der Waals surface area contributed by atoms with Gasteiger partial charge in [-0.25, -0.2) is 13.4 Å². The zero-order valence-electron chi connectivity index (χ0n) is 9.55. The predicted octanol–water partition coefficient (Wildman–Crippen LogP) is 1.01. The van der Waals surface area contributed by atoms with E-state index in [1.165, 1.54) is 6.26 Å². The molecular weight excluding hydrogens is 224 g/mol. The Kier molecular flexibility index (Phi) is 2.88. The second-order valence-electron chi connectivity index (χ2n) is 4.38. The van der Waals surface area contributed by atoms with E-state index in [1.54, 1.807) is 6.20 Å². The normalized spacial score (nSPS) is 21.4. The third kappa shape index (κ3) is 2.35. The van der Waals surface area contributed by atoms with Crippen LogP contribution in [0, 0.1) is 6.92 Å². The molecule has 0 aromatic carbocycles. The summed E-state index contributed by atoms with van der Waals surface area (Å²) < 4.78 is 22.9. The molecule has 0 bridgehead atoms. The minimum absolute atomic E-state index is 0.241. The van der Waals surface area contributed by atoms with Crippen LogP contribution in [0.5, 0.6) is 0 Å². The first-order valence-electron chi connectivity index (χ1n) is 5.33. The SMILES string of the molecule is Cc1ccnc(N2CCC(S(C)(=O)=O)C2)c1. The number of aryl methyl sites for hydroxylation is 1. The van der Waals surface area contributed by atoms with E-state index < -0.39 is 9.84 Å². The quantitative estimate of drug-likeness (QED) is 0.774. The fourth-order valence-electron chi connectivity index (χ4n) is 1.98. The van der Waals surface area contributed by atoms with Crippen LogP contribution in [0.4, 0.5) is 5.82 Å². The van der Waals surface area contributed by atoms with Crippen LogP contribution in [0.15, 0.2) is 18.3 Å². The van der Waals surface area contributed by atoms with Gasteiger partial charge in [-0.1, -0.05) is 0 Å². The Bertz CT molecular complexity index is 485. The molecule has 1 aromatic rings. The minimum atomic E-state index is -2.92. The van der Waals surface area contributed by atoms with Gasteiger partial charge >= 0.3 is 0 Å². The van der Waals surface area contributed by atoms with Crippen molar-refractivity contribution in [1.29, 1.82) is 0 Å². The van der Waals surface area contributed by atoms with Crippen LogP contribution in [-0.4, -0.2) is 38.0 Å². The molecule has 0 amide bonds. The molecule has 1 aliphatic heterocycles. The van der Waals surface area contributed by atoms with Crippen molar-refractivity contribution in [2.45, 2.75) is 18.6 Å². The second kappa shape index (κ2) is 4.05. The number of nitrogens with zero attached hydrogens (tertiary/aromatic N) is 2. The summed E-state index contributed by atoms with van der Waals surface area (Å²) in [5.41, 5.74) is 1.15. The Hall–Kier alpha value is -1.10. The molecule has 16 heavy (non-hydrogen) atoms. The molecule has 1 unspecified atom stereocenters. The molecule has 1 fully saturated rings. The number of hydrogen-bond acceptors (Lipinski definition) is 4. The molecule has 0 saturated carbocycles. The third-order valence-electron chi connectivity index (χ3n) is 2.98. The smallest absolute Gasteiger partial charge is 0.152 e. The Labute approximate surface area is 96.2 Å². The highest BCUT2D eigenvalue weighted by atomic mass is 32.2. The Morgan fingerprint density at radius 2 is 2.25 bits per heavy atom. The van der Waals surface area contributed by atoms with Gasteiger partial charge in [0.25, 0.3) is 0 Å². The lowest BCUT2D eigenvalue weighted by atomic mass is 10.3. The molecule has 88 valence electrons. The lowest BCUT2D eigenvalue weighted by Crippen LogP contribution is -2.26. The first-order chi connectivity index (χ1) is 7.47. The molecule has 1 atom stereocenters. The van der Waals surface area contributed by atoms with E-state index in [9.17, 15) is 8.42 Å². The van der Waals surface area contributed by atoms with Gasteiger partial charge in [0, 0.05) is 25.5 Å².